The molecule has 2 heterocycles. The van der Waals surface area contributed by atoms with E-state index in [1.807, 2.05) is 19.9 Å². The molecule has 1 aromatic rings. The maximum Gasteiger partial charge on any atom is 0.348 e. The molecule has 0 bridgehead atoms. The van der Waals surface area contributed by atoms with Crippen LogP contribution in [0.3, 0.4) is 0 Å². The Morgan fingerprint density at radius 2 is 2.00 bits per heavy atom. The molecule has 0 saturated carbocycles. The van der Waals surface area contributed by atoms with Crippen molar-refractivity contribution in [1.29, 1.82) is 0 Å². The van der Waals surface area contributed by atoms with Crippen LogP contribution in [0.2, 0.25) is 0 Å². The molecule has 7 nitrogen and oxygen atoms in total. The molecule has 2 rings (SSSR count). The molecule has 1 aromatic heterocycles. The van der Waals surface area contributed by atoms with E-state index in [1.54, 1.807) is 12.3 Å². The van der Waals surface area contributed by atoms with E-state index in [-0.39, 0.29) is 24.5 Å². The van der Waals surface area contributed by atoms with Gasteiger partial charge in [-0.25, -0.2) is 14.4 Å². The number of rotatable bonds is 6. The maximum atomic E-state index is 12.2. The SMILES string of the molecule is CCOC(=O)C1=C(COC(=O)c2sccc2C)NC(=O)NC1CC. The molecule has 1 unspecified atom stereocenters. The normalized spacial score (nSPS) is 17.1. The third kappa shape index (κ3) is 3.94. The van der Waals surface area contributed by atoms with Gasteiger partial charge in [0.25, 0.3) is 0 Å². The van der Waals surface area contributed by atoms with E-state index in [4.69, 9.17) is 9.47 Å². The monoisotopic (exact) mass is 352 g/mol. The van der Waals surface area contributed by atoms with Crippen molar-refractivity contribution in [2.45, 2.75) is 33.2 Å². The number of esters is 2. The summed E-state index contributed by atoms with van der Waals surface area (Å²) in [5, 5.41) is 7.00. The Kier molecular flexibility index (Phi) is 5.97. The summed E-state index contributed by atoms with van der Waals surface area (Å²) in [5.41, 5.74) is 1.37. The molecular formula is C16H20N2O5S. The molecule has 2 amide bonds. The minimum absolute atomic E-state index is 0.200. The van der Waals surface area contributed by atoms with Gasteiger partial charge in [0.05, 0.1) is 23.9 Å². The minimum Gasteiger partial charge on any atom is -0.463 e. The molecule has 1 aliphatic heterocycles. The van der Waals surface area contributed by atoms with E-state index in [9.17, 15) is 14.4 Å². The molecule has 0 fully saturated rings. The molecule has 1 aliphatic rings. The smallest absolute Gasteiger partial charge is 0.348 e. The van der Waals surface area contributed by atoms with Crippen LogP contribution in [0.4, 0.5) is 4.79 Å². The summed E-state index contributed by atoms with van der Waals surface area (Å²) in [4.78, 5) is 36.6. The molecule has 1 atom stereocenters. The van der Waals surface area contributed by atoms with Crippen molar-refractivity contribution < 1.29 is 23.9 Å². The van der Waals surface area contributed by atoms with Gasteiger partial charge in [-0.05, 0) is 37.3 Å². The molecule has 2 N–H and O–H groups in total. The Morgan fingerprint density at radius 1 is 1.25 bits per heavy atom. The van der Waals surface area contributed by atoms with Crippen LogP contribution in [0.25, 0.3) is 0 Å². The van der Waals surface area contributed by atoms with Gasteiger partial charge >= 0.3 is 18.0 Å². The second-order valence-corrected chi connectivity index (χ2v) is 6.10. The van der Waals surface area contributed by atoms with Crippen LogP contribution in [0.15, 0.2) is 22.7 Å². The zero-order valence-corrected chi connectivity index (χ0v) is 14.6. The summed E-state index contributed by atoms with van der Waals surface area (Å²) in [6, 6.07) is 0.910. The van der Waals surface area contributed by atoms with Gasteiger partial charge in [0.2, 0.25) is 0 Å². The van der Waals surface area contributed by atoms with E-state index >= 15 is 0 Å². The van der Waals surface area contributed by atoms with Crippen molar-refractivity contribution in [2.75, 3.05) is 13.2 Å². The second-order valence-electron chi connectivity index (χ2n) is 5.18. The quantitative estimate of drug-likeness (QED) is 0.765. The summed E-state index contributed by atoms with van der Waals surface area (Å²) in [5.74, 6) is -1.02. The predicted molar refractivity (Wildman–Crippen MR) is 88.7 cm³/mol. The van der Waals surface area contributed by atoms with Crippen LogP contribution in [-0.2, 0) is 14.3 Å². The Balaban J connectivity index is 2.21. The van der Waals surface area contributed by atoms with Crippen molar-refractivity contribution in [3.05, 3.63) is 33.2 Å². The number of hydrogen-bond donors (Lipinski definition) is 2. The summed E-state index contributed by atoms with van der Waals surface area (Å²) < 4.78 is 10.3. The number of thiophene rings is 1. The maximum absolute atomic E-state index is 12.2. The Hall–Kier alpha value is -2.35. The Labute approximate surface area is 144 Å². The number of ether oxygens (including phenoxy) is 2. The average Bonchev–Trinajstić information content (AvgIpc) is 2.98. The van der Waals surface area contributed by atoms with Crippen molar-refractivity contribution in [2.24, 2.45) is 0 Å². The molecule has 0 radical (unpaired) electrons. The average molecular weight is 352 g/mol. The number of carbonyl (C=O) groups excluding carboxylic acids is 3. The first-order valence-corrected chi connectivity index (χ1v) is 8.54. The summed E-state index contributed by atoms with van der Waals surface area (Å²) >= 11 is 1.28. The molecule has 130 valence electrons. The summed E-state index contributed by atoms with van der Waals surface area (Å²) in [6.45, 7) is 5.37. The van der Waals surface area contributed by atoms with Crippen LogP contribution in [0.1, 0.15) is 35.5 Å². The lowest BCUT2D eigenvalue weighted by molar-refractivity contribution is -0.139. The minimum atomic E-state index is -0.532. The second kappa shape index (κ2) is 7.96. The zero-order chi connectivity index (χ0) is 17.7. The first kappa shape index (κ1) is 18.0. The standard InChI is InChI=1S/C16H20N2O5S/c1-4-10-12(14(19)22-5-2)11(18-16(21)17-10)8-23-15(20)13-9(3)6-7-24-13/h6-7,10H,4-5,8H2,1-3H3,(H2,17,18,21). The highest BCUT2D eigenvalue weighted by Crippen LogP contribution is 2.20. The van der Waals surface area contributed by atoms with E-state index in [0.717, 1.165) is 5.56 Å². The summed E-state index contributed by atoms with van der Waals surface area (Å²) in [7, 11) is 0. The van der Waals surface area contributed by atoms with Gasteiger partial charge in [-0.2, -0.15) is 0 Å². The lowest BCUT2D eigenvalue weighted by Gasteiger charge is -2.28. The molecule has 0 spiro atoms. The largest absolute Gasteiger partial charge is 0.463 e. The van der Waals surface area contributed by atoms with Crippen molar-refractivity contribution in [3.8, 4) is 0 Å². The molecule has 24 heavy (non-hydrogen) atoms. The third-order valence-electron chi connectivity index (χ3n) is 3.54. The lowest BCUT2D eigenvalue weighted by atomic mass is 10.0. The lowest BCUT2D eigenvalue weighted by Crippen LogP contribution is -2.51. The van der Waals surface area contributed by atoms with Gasteiger partial charge in [0.15, 0.2) is 0 Å². The van der Waals surface area contributed by atoms with Gasteiger partial charge in [0, 0.05) is 0 Å². The van der Waals surface area contributed by atoms with Gasteiger partial charge in [0.1, 0.15) is 11.5 Å². The van der Waals surface area contributed by atoms with Gasteiger partial charge in [-0.3, -0.25) is 0 Å². The molecule has 0 aliphatic carbocycles. The first-order chi connectivity index (χ1) is 11.5. The number of nitrogens with one attached hydrogen (secondary N) is 2. The first-order valence-electron chi connectivity index (χ1n) is 7.66. The van der Waals surface area contributed by atoms with Gasteiger partial charge < -0.3 is 20.1 Å². The van der Waals surface area contributed by atoms with Crippen LogP contribution < -0.4 is 10.6 Å². The van der Waals surface area contributed by atoms with Crippen molar-refractivity contribution in [1.82, 2.24) is 10.6 Å². The highest BCUT2D eigenvalue weighted by Gasteiger charge is 2.32. The van der Waals surface area contributed by atoms with Crippen LogP contribution in [0.5, 0.6) is 0 Å². The Morgan fingerprint density at radius 3 is 2.58 bits per heavy atom. The number of hydrogen-bond acceptors (Lipinski definition) is 6. The topological polar surface area (TPSA) is 93.7 Å². The van der Waals surface area contributed by atoms with Gasteiger partial charge in [-0.1, -0.05) is 6.92 Å². The fraction of sp³-hybridized carbons (Fsp3) is 0.438. The zero-order valence-electron chi connectivity index (χ0n) is 13.8. The molecule has 8 heteroatoms. The fourth-order valence-corrected chi connectivity index (χ4v) is 3.18. The number of amides is 2. The van der Waals surface area contributed by atoms with Crippen LogP contribution in [-0.4, -0.2) is 37.2 Å². The number of aryl methyl sites for hydroxylation is 1. The fourth-order valence-electron chi connectivity index (χ4n) is 2.36. The van der Waals surface area contributed by atoms with E-state index < -0.39 is 24.0 Å². The van der Waals surface area contributed by atoms with Gasteiger partial charge in [-0.15, -0.1) is 11.3 Å². The van der Waals surface area contributed by atoms with E-state index in [2.05, 4.69) is 10.6 Å². The predicted octanol–water partition coefficient (Wildman–Crippen LogP) is 2.12. The highest BCUT2D eigenvalue weighted by molar-refractivity contribution is 7.12. The highest BCUT2D eigenvalue weighted by atomic mass is 32.1. The molecule has 0 aromatic carbocycles. The molecular weight excluding hydrogens is 332 g/mol. The third-order valence-corrected chi connectivity index (χ3v) is 4.54. The summed E-state index contributed by atoms with van der Waals surface area (Å²) in [6.07, 6.45) is 0.517. The number of urea groups is 1. The molecule has 0 saturated heterocycles. The van der Waals surface area contributed by atoms with E-state index in [0.29, 0.717) is 11.3 Å². The Bertz CT molecular complexity index is 680. The number of carbonyl (C=O) groups is 3. The van der Waals surface area contributed by atoms with Crippen LogP contribution in [0, 0.1) is 6.92 Å². The van der Waals surface area contributed by atoms with E-state index in [1.165, 1.54) is 11.3 Å². The van der Waals surface area contributed by atoms with Crippen LogP contribution >= 0.6 is 11.3 Å². The van der Waals surface area contributed by atoms with Crippen molar-refractivity contribution >= 4 is 29.3 Å². The van der Waals surface area contributed by atoms with Crippen molar-refractivity contribution in [3.63, 3.8) is 0 Å².